The van der Waals surface area contributed by atoms with Crippen molar-refractivity contribution in [3.8, 4) is 62.2 Å². The first kappa shape index (κ1) is 30.1. The molecule has 52 heavy (non-hydrogen) atoms. The van der Waals surface area contributed by atoms with E-state index in [9.17, 15) is 0 Å². The molecule has 10 rings (SSSR count). The highest BCUT2D eigenvalue weighted by Gasteiger charge is 2.36. The van der Waals surface area contributed by atoms with Gasteiger partial charge >= 0.3 is 0 Å². The van der Waals surface area contributed by atoms with E-state index in [2.05, 4.69) is 134 Å². The zero-order chi connectivity index (χ0) is 34.8. The summed E-state index contributed by atoms with van der Waals surface area (Å²) in [6.45, 7) is 4.66. The topological polar surface area (TPSA) is 56.5 Å². The van der Waals surface area contributed by atoms with Gasteiger partial charge in [-0.2, -0.15) is 0 Å². The van der Waals surface area contributed by atoms with Crippen molar-refractivity contribution in [2.24, 2.45) is 0 Å². The van der Waals surface area contributed by atoms with Gasteiger partial charge in [-0.25, -0.2) is 15.0 Å². The first-order valence-electron chi connectivity index (χ1n) is 17.6. The molecule has 0 atom stereocenters. The van der Waals surface area contributed by atoms with Gasteiger partial charge in [-0.05, 0) is 63.7 Å². The van der Waals surface area contributed by atoms with Crippen LogP contribution in [0.15, 0.2) is 164 Å². The summed E-state index contributed by atoms with van der Waals surface area (Å²) < 4.78 is 2.34. The van der Waals surface area contributed by atoms with Crippen LogP contribution in [0.3, 0.4) is 0 Å². The van der Waals surface area contributed by atoms with Gasteiger partial charge in [0.05, 0.1) is 22.9 Å². The number of nitrogens with zero attached hydrogens (tertiary/aromatic N) is 5. The fraction of sp³-hybridized carbons (Fsp3) is 0.0638. The predicted molar refractivity (Wildman–Crippen MR) is 211 cm³/mol. The molecule has 3 aromatic heterocycles. The molecule has 0 unspecified atom stereocenters. The van der Waals surface area contributed by atoms with Gasteiger partial charge in [-0.3, -0.25) is 4.98 Å². The summed E-state index contributed by atoms with van der Waals surface area (Å²) in [6, 6.07) is 55.2. The van der Waals surface area contributed by atoms with Crippen LogP contribution in [0, 0.1) is 0 Å². The zero-order valence-electron chi connectivity index (χ0n) is 28.8. The summed E-state index contributed by atoms with van der Waals surface area (Å²) in [5.74, 6) is 1.75. The van der Waals surface area contributed by atoms with E-state index in [1.807, 2.05) is 48.7 Å². The summed E-state index contributed by atoms with van der Waals surface area (Å²) in [6.07, 6.45) is 1.94. The van der Waals surface area contributed by atoms with Crippen molar-refractivity contribution < 1.29 is 0 Å². The van der Waals surface area contributed by atoms with Gasteiger partial charge in [0.15, 0.2) is 17.5 Å². The van der Waals surface area contributed by atoms with Crippen LogP contribution in [-0.4, -0.2) is 24.5 Å². The third kappa shape index (κ3) is 4.78. The van der Waals surface area contributed by atoms with E-state index < -0.39 is 0 Å². The molecule has 5 nitrogen and oxygen atoms in total. The molecule has 3 heterocycles. The van der Waals surface area contributed by atoms with Crippen LogP contribution in [-0.2, 0) is 5.41 Å². The fourth-order valence-electron chi connectivity index (χ4n) is 7.87. The molecule has 246 valence electrons. The van der Waals surface area contributed by atoms with E-state index in [-0.39, 0.29) is 5.41 Å². The molecule has 1 aliphatic carbocycles. The molecule has 0 saturated heterocycles. The Morgan fingerprint density at radius 3 is 1.77 bits per heavy atom. The Morgan fingerprint density at radius 1 is 0.442 bits per heavy atom. The summed E-state index contributed by atoms with van der Waals surface area (Å²) in [5, 5.41) is 2.46. The Bertz CT molecular complexity index is 2780. The molecule has 5 heteroatoms. The van der Waals surface area contributed by atoms with Crippen LogP contribution in [0.5, 0.6) is 0 Å². The van der Waals surface area contributed by atoms with Crippen LogP contribution < -0.4 is 0 Å². The van der Waals surface area contributed by atoms with Crippen LogP contribution in [0.2, 0.25) is 0 Å². The van der Waals surface area contributed by atoms with Crippen molar-refractivity contribution in [1.82, 2.24) is 24.5 Å². The minimum atomic E-state index is -0.0990. The Morgan fingerprint density at radius 2 is 1.04 bits per heavy atom. The Labute approximate surface area is 302 Å². The Hall–Kier alpha value is -6.72. The molecule has 0 spiro atoms. The van der Waals surface area contributed by atoms with Gasteiger partial charge in [0, 0.05) is 27.3 Å². The van der Waals surface area contributed by atoms with Gasteiger partial charge < -0.3 is 4.57 Å². The molecule has 1 aliphatic rings. The maximum absolute atomic E-state index is 5.00. The molecule has 0 aliphatic heterocycles. The minimum absolute atomic E-state index is 0.0990. The van der Waals surface area contributed by atoms with E-state index in [0.29, 0.717) is 23.2 Å². The molecular formula is C47H33N5. The SMILES string of the molecule is CC1(C)c2ccccc2-c2cc3c4ccccc4n(-c4ccc(-c5nc(-c6ccccc6)nc(-c6ccc(-c7ccccc7)cc6)n5)nc4)c3cc21. The number of pyridine rings is 1. The second-order valence-corrected chi connectivity index (χ2v) is 14.0. The lowest BCUT2D eigenvalue weighted by Crippen LogP contribution is -2.15. The van der Waals surface area contributed by atoms with Crippen LogP contribution in [0.25, 0.3) is 84.0 Å². The number of benzene rings is 6. The number of aromatic nitrogens is 5. The van der Waals surface area contributed by atoms with Crippen LogP contribution in [0.4, 0.5) is 0 Å². The van der Waals surface area contributed by atoms with E-state index in [1.54, 1.807) is 0 Å². The lowest BCUT2D eigenvalue weighted by Gasteiger charge is -2.21. The number of para-hydroxylation sites is 1. The maximum atomic E-state index is 5.00. The normalized spacial score (nSPS) is 13.0. The Kier molecular flexibility index (Phi) is 6.77. The first-order chi connectivity index (χ1) is 25.5. The van der Waals surface area contributed by atoms with Gasteiger partial charge in [0.2, 0.25) is 0 Å². The zero-order valence-corrected chi connectivity index (χ0v) is 28.8. The molecule has 0 saturated carbocycles. The maximum Gasteiger partial charge on any atom is 0.182 e. The molecule has 0 radical (unpaired) electrons. The largest absolute Gasteiger partial charge is 0.308 e. The molecule has 0 bridgehead atoms. The highest BCUT2D eigenvalue weighted by molar-refractivity contribution is 6.11. The minimum Gasteiger partial charge on any atom is -0.308 e. The van der Waals surface area contributed by atoms with Gasteiger partial charge in [0.25, 0.3) is 0 Å². The van der Waals surface area contributed by atoms with Crippen molar-refractivity contribution >= 4 is 21.8 Å². The van der Waals surface area contributed by atoms with Crippen molar-refractivity contribution in [1.29, 1.82) is 0 Å². The Balaban J connectivity index is 1.09. The molecule has 0 amide bonds. The quantitative estimate of drug-likeness (QED) is 0.183. The predicted octanol–water partition coefficient (Wildman–Crippen LogP) is 11.3. The van der Waals surface area contributed by atoms with E-state index >= 15 is 0 Å². The van der Waals surface area contributed by atoms with Crippen LogP contribution in [0.1, 0.15) is 25.0 Å². The summed E-state index contributed by atoms with van der Waals surface area (Å²) in [7, 11) is 0. The first-order valence-corrected chi connectivity index (χ1v) is 17.6. The highest BCUT2D eigenvalue weighted by atomic mass is 15.1. The lowest BCUT2D eigenvalue weighted by molar-refractivity contribution is 0.661. The summed E-state index contributed by atoms with van der Waals surface area (Å²) >= 11 is 0. The average Bonchev–Trinajstić information content (AvgIpc) is 3.65. The average molecular weight is 668 g/mol. The number of fused-ring (bicyclic) bond motifs is 6. The number of hydrogen-bond acceptors (Lipinski definition) is 4. The molecular weight excluding hydrogens is 635 g/mol. The van der Waals surface area contributed by atoms with Crippen molar-refractivity contribution in [2.45, 2.75) is 19.3 Å². The van der Waals surface area contributed by atoms with Gasteiger partial charge in [-0.1, -0.05) is 141 Å². The van der Waals surface area contributed by atoms with E-state index in [4.69, 9.17) is 19.9 Å². The smallest absolute Gasteiger partial charge is 0.182 e. The molecule has 0 N–H and O–H groups in total. The molecule has 0 fully saturated rings. The van der Waals surface area contributed by atoms with Gasteiger partial charge in [0.1, 0.15) is 5.69 Å². The third-order valence-electron chi connectivity index (χ3n) is 10.5. The van der Waals surface area contributed by atoms with E-state index in [1.165, 1.54) is 44.1 Å². The molecule has 9 aromatic rings. The van der Waals surface area contributed by atoms with Crippen molar-refractivity contribution in [3.05, 3.63) is 175 Å². The number of rotatable bonds is 5. The van der Waals surface area contributed by atoms with Crippen LogP contribution >= 0.6 is 0 Å². The second-order valence-electron chi connectivity index (χ2n) is 14.0. The van der Waals surface area contributed by atoms with Crippen molar-refractivity contribution in [3.63, 3.8) is 0 Å². The van der Waals surface area contributed by atoms with Gasteiger partial charge in [-0.15, -0.1) is 0 Å². The highest BCUT2D eigenvalue weighted by Crippen LogP contribution is 2.51. The van der Waals surface area contributed by atoms with E-state index in [0.717, 1.165) is 27.9 Å². The third-order valence-corrected chi connectivity index (χ3v) is 10.5. The molecule has 6 aromatic carbocycles. The summed E-state index contributed by atoms with van der Waals surface area (Å²) in [4.78, 5) is 19.8. The monoisotopic (exact) mass is 667 g/mol. The lowest BCUT2D eigenvalue weighted by atomic mass is 9.82. The fourth-order valence-corrected chi connectivity index (χ4v) is 7.87. The number of hydrogen-bond donors (Lipinski definition) is 0. The second kappa shape index (κ2) is 11.7. The summed E-state index contributed by atoms with van der Waals surface area (Å²) in [5.41, 5.74) is 13.4. The standard InChI is InChI=1S/C47H33N5/c1-47(2)39-19-11-9-17-35(39)37-27-38-36-18-10-12-20-42(36)52(43(38)28-40(37)47)34-25-26-41(48-29-34)46-50-44(32-15-7-4-8-16-32)49-45(51-46)33-23-21-31(22-24-33)30-13-5-3-6-14-30/h3-29H,1-2H3. The van der Waals surface area contributed by atoms with Crippen molar-refractivity contribution in [2.75, 3.05) is 0 Å².